The molecule has 0 bridgehead atoms. The first-order chi connectivity index (χ1) is 12.4. The second kappa shape index (κ2) is 9.33. The maximum Gasteiger partial charge on any atom is 0.307 e. The average molecular weight is 363 g/mol. The van der Waals surface area contributed by atoms with E-state index < -0.39 is 36.1 Å². The van der Waals surface area contributed by atoms with E-state index in [4.69, 9.17) is 14.6 Å². The molecule has 0 aromatic heterocycles. The van der Waals surface area contributed by atoms with E-state index in [9.17, 15) is 14.4 Å². The van der Waals surface area contributed by atoms with E-state index in [0.29, 0.717) is 19.4 Å². The van der Waals surface area contributed by atoms with Crippen LogP contribution in [0.15, 0.2) is 30.3 Å². The van der Waals surface area contributed by atoms with E-state index in [2.05, 4.69) is 5.32 Å². The number of esters is 1. The molecule has 1 fully saturated rings. The van der Waals surface area contributed by atoms with Crippen LogP contribution in [0.4, 0.5) is 0 Å². The quantitative estimate of drug-likeness (QED) is 0.543. The van der Waals surface area contributed by atoms with Crippen molar-refractivity contribution in [1.82, 2.24) is 5.32 Å². The molecule has 1 amide bonds. The summed E-state index contributed by atoms with van der Waals surface area (Å²) in [5.74, 6) is -2.55. The Labute approximate surface area is 152 Å². The van der Waals surface area contributed by atoms with E-state index >= 15 is 0 Å². The van der Waals surface area contributed by atoms with Gasteiger partial charge in [-0.3, -0.25) is 14.4 Å². The lowest BCUT2D eigenvalue weighted by atomic mass is 9.91. The van der Waals surface area contributed by atoms with Gasteiger partial charge in [0.05, 0.1) is 13.0 Å². The van der Waals surface area contributed by atoms with Gasteiger partial charge in [0.2, 0.25) is 0 Å². The molecule has 0 radical (unpaired) electrons. The van der Waals surface area contributed by atoms with Gasteiger partial charge in [0.25, 0.3) is 5.91 Å². The maximum absolute atomic E-state index is 12.6. The molecule has 7 heteroatoms. The molecule has 0 heterocycles. The summed E-state index contributed by atoms with van der Waals surface area (Å²) in [6.45, 7) is 1.47. The highest BCUT2D eigenvalue weighted by Gasteiger charge is 2.37. The molecule has 2 rings (SSSR count). The summed E-state index contributed by atoms with van der Waals surface area (Å²) in [5, 5.41) is 11.8. The van der Waals surface area contributed by atoms with Gasteiger partial charge in [0.15, 0.2) is 6.10 Å². The van der Waals surface area contributed by atoms with Crippen LogP contribution in [-0.4, -0.2) is 34.8 Å². The van der Waals surface area contributed by atoms with Crippen LogP contribution < -0.4 is 5.32 Å². The molecule has 0 aliphatic heterocycles. The summed E-state index contributed by atoms with van der Waals surface area (Å²) < 4.78 is 11.0. The Kier molecular flexibility index (Phi) is 7.15. The Bertz CT molecular complexity index is 608. The summed E-state index contributed by atoms with van der Waals surface area (Å²) in [5.41, 5.74) is 0.107. The molecule has 2 N–H and O–H groups in total. The van der Waals surface area contributed by atoms with Crippen molar-refractivity contribution in [2.75, 3.05) is 0 Å². The molecule has 1 aliphatic rings. The number of hydrogen-bond acceptors (Lipinski definition) is 5. The summed E-state index contributed by atoms with van der Waals surface area (Å²) in [6.07, 6.45) is 2.15. The van der Waals surface area contributed by atoms with Gasteiger partial charge in [-0.25, -0.2) is 0 Å². The number of carboxylic acid groups (broad SMARTS) is 1. The van der Waals surface area contributed by atoms with E-state index in [1.165, 1.54) is 0 Å². The second-order valence-electron chi connectivity index (χ2n) is 6.51. The number of carboxylic acids is 1. The molecule has 1 aliphatic carbocycles. The third kappa shape index (κ3) is 6.15. The molecule has 1 atom stereocenters. The van der Waals surface area contributed by atoms with Crippen molar-refractivity contribution in [2.45, 2.75) is 63.9 Å². The van der Waals surface area contributed by atoms with Gasteiger partial charge in [0, 0.05) is 6.92 Å². The average Bonchev–Trinajstić information content (AvgIpc) is 2.60. The number of rotatable bonds is 8. The highest BCUT2D eigenvalue weighted by molar-refractivity contribution is 5.87. The summed E-state index contributed by atoms with van der Waals surface area (Å²) >= 11 is 0. The Hall–Kier alpha value is -2.41. The molecule has 0 saturated heterocycles. The number of amides is 1. The monoisotopic (exact) mass is 363 g/mol. The first-order valence-corrected chi connectivity index (χ1v) is 8.79. The van der Waals surface area contributed by atoms with Gasteiger partial charge in [0.1, 0.15) is 5.72 Å². The molecular formula is C19H25NO6. The number of ether oxygens (including phenoxy) is 2. The fourth-order valence-corrected chi connectivity index (χ4v) is 3.08. The van der Waals surface area contributed by atoms with Crippen molar-refractivity contribution < 1.29 is 29.0 Å². The molecule has 142 valence electrons. The van der Waals surface area contributed by atoms with Crippen LogP contribution in [0, 0.1) is 0 Å². The second-order valence-corrected chi connectivity index (χ2v) is 6.51. The normalized spacial score (nSPS) is 17.1. The van der Waals surface area contributed by atoms with Crippen LogP contribution in [0.3, 0.4) is 0 Å². The third-order valence-corrected chi connectivity index (χ3v) is 4.33. The first kappa shape index (κ1) is 19.9. The minimum Gasteiger partial charge on any atom is -0.481 e. The van der Waals surface area contributed by atoms with E-state index in [1.54, 1.807) is 0 Å². The van der Waals surface area contributed by atoms with Gasteiger partial charge >= 0.3 is 11.9 Å². The predicted molar refractivity (Wildman–Crippen MR) is 93.0 cm³/mol. The van der Waals surface area contributed by atoms with E-state index in [1.807, 2.05) is 30.3 Å². The number of aliphatic carboxylic acids is 1. The molecule has 26 heavy (non-hydrogen) atoms. The van der Waals surface area contributed by atoms with Crippen LogP contribution in [0.25, 0.3) is 0 Å². The van der Waals surface area contributed by atoms with E-state index in [0.717, 1.165) is 31.7 Å². The van der Waals surface area contributed by atoms with E-state index in [-0.39, 0.29) is 0 Å². The van der Waals surface area contributed by atoms with Crippen molar-refractivity contribution in [1.29, 1.82) is 0 Å². The van der Waals surface area contributed by atoms with Crippen molar-refractivity contribution in [3.63, 3.8) is 0 Å². The summed E-state index contributed by atoms with van der Waals surface area (Å²) in [7, 11) is 0. The standard InChI is InChI=1S/C19H25NO6/c1-14(21)26-16(12-17(22)23)18(24)20-19(10-6-3-7-11-19)25-13-15-8-4-2-5-9-15/h2,4-5,8-9,16H,3,6-7,10-13H2,1H3,(H,20,24)(H,22,23)/t16-/m1/s1. The van der Waals surface area contributed by atoms with Gasteiger partial charge in [-0.05, 0) is 31.2 Å². The van der Waals surface area contributed by atoms with Gasteiger partial charge in [-0.15, -0.1) is 0 Å². The van der Waals surface area contributed by atoms with Gasteiger partial charge in [-0.1, -0.05) is 36.8 Å². The lowest BCUT2D eigenvalue weighted by molar-refractivity contribution is -0.165. The minimum absolute atomic E-state index is 0.332. The predicted octanol–water partition coefficient (Wildman–Crippen LogP) is 2.39. The Morgan fingerprint density at radius 2 is 1.81 bits per heavy atom. The molecule has 7 nitrogen and oxygen atoms in total. The first-order valence-electron chi connectivity index (χ1n) is 8.79. The van der Waals surface area contributed by atoms with Crippen molar-refractivity contribution in [3.8, 4) is 0 Å². The number of carbonyl (C=O) groups is 3. The topological polar surface area (TPSA) is 102 Å². The zero-order chi connectivity index (χ0) is 19.0. The van der Waals surface area contributed by atoms with Crippen molar-refractivity contribution >= 4 is 17.8 Å². The maximum atomic E-state index is 12.6. The molecule has 0 spiro atoms. The largest absolute Gasteiger partial charge is 0.481 e. The van der Waals surface area contributed by atoms with Gasteiger partial charge in [-0.2, -0.15) is 0 Å². The van der Waals surface area contributed by atoms with Crippen molar-refractivity contribution in [3.05, 3.63) is 35.9 Å². The Balaban J connectivity index is 2.08. The van der Waals surface area contributed by atoms with Crippen LogP contribution in [0.2, 0.25) is 0 Å². The number of benzene rings is 1. The van der Waals surface area contributed by atoms with Crippen LogP contribution >= 0.6 is 0 Å². The molecule has 1 saturated carbocycles. The van der Waals surface area contributed by atoms with Crippen LogP contribution in [-0.2, 0) is 30.5 Å². The zero-order valence-electron chi connectivity index (χ0n) is 14.9. The minimum atomic E-state index is -1.37. The number of nitrogens with one attached hydrogen (secondary N) is 1. The highest BCUT2D eigenvalue weighted by Crippen LogP contribution is 2.30. The summed E-state index contributed by atoms with van der Waals surface area (Å²) in [4.78, 5) is 34.7. The smallest absolute Gasteiger partial charge is 0.307 e. The fraction of sp³-hybridized carbons (Fsp3) is 0.526. The van der Waals surface area contributed by atoms with Gasteiger partial charge < -0.3 is 19.9 Å². The molecule has 1 aromatic carbocycles. The number of carbonyl (C=O) groups excluding carboxylic acids is 2. The highest BCUT2D eigenvalue weighted by atomic mass is 16.6. The Morgan fingerprint density at radius 3 is 2.38 bits per heavy atom. The zero-order valence-corrected chi connectivity index (χ0v) is 14.9. The molecular weight excluding hydrogens is 338 g/mol. The van der Waals surface area contributed by atoms with Crippen LogP contribution in [0.1, 0.15) is 51.0 Å². The lowest BCUT2D eigenvalue weighted by Crippen LogP contribution is -2.55. The lowest BCUT2D eigenvalue weighted by Gasteiger charge is -2.38. The molecule has 0 unspecified atom stereocenters. The van der Waals surface area contributed by atoms with Crippen LogP contribution in [0.5, 0.6) is 0 Å². The summed E-state index contributed by atoms with van der Waals surface area (Å²) in [6, 6.07) is 9.61. The Morgan fingerprint density at radius 1 is 1.15 bits per heavy atom. The molecule has 1 aromatic rings. The van der Waals surface area contributed by atoms with Crippen molar-refractivity contribution in [2.24, 2.45) is 0 Å². The third-order valence-electron chi connectivity index (χ3n) is 4.33. The number of hydrogen-bond donors (Lipinski definition) is 2. The SMILES string of the molecule is CC(=O)O[C@H](CC(=O)O)C(=O)NC1(OCc2ccccc2)CCCCC1. The fourth-order valence-electron chi connectivity index (χ4n) is 3.08.